The van der Waals surface area contributed by atoms with Crippen LogP contribution in [0.3, 0.4) is 0 Å². The summed E-state index contributed by atoms with van der Waals surface area (Å²) in [6.07, 6.45) is 6.17. The Morgan fingerprint density at radius 2 is 2.04 bits per heavy atom. The number of hydrogen-bond acceptors (Lipinski definition) is 3. The molecule has 132 valence electrons. The van der Waals surface area contributed by atoms with Gasteiger partial charge in [-0.1, -0.05) is 23.2 Å². The van der Waals surface area contributed by atoms with Crippen molar-refractivity contribution >= 4 is 29.1 Å². The van der Waals surface area contributed by atoms with Crippen molar-refractivity contribution in [1.29, 1.82) is 0 Å². The van der Waals surface area contributed by atoms with Crippen molar-refractivity contribution in [1.82, 2.24) is 15.1 Å². The summed E-state index contributed by atoms with van der Waals surface area (Å²) in [5.74, 6) is 0.0592. The molecule has 1 amide bonds. The van der Waals surface area contributed by atoms with Gasteiger partial charge < -0.3 is 10.0 Å². The lowest BCUT2D eigenvalue weighted by atomic mass is 9.92. The van der Waals surface area contributed by atoms with Gasteiger partial charge in [-0.3, -0.25) is 9.89 Å². The van der Waals surface area contributed by atoms with Crippen LogP contribution in [0.15, 0.2) is 18.3 Å². The minimum Gasteiger partial charge on any atom is -0.508 e. The Balaban J connectivity index is 1.54. The van der Waals surface area contributed by atoms with E-state index in [0.717, 1.165) is 49.0 Å². The van der Waals surface area contributed by atoms with Crippen LogP contribution in [-0.4, -0.2) is 32.7 Å². The smallest absolute Gasteiger partial charge is 0.226 e. The molecule has 0 spiro atoms. The summed E-state index contributed by atoms with van der Waals surface area (Å²) in [6, 6.07) is 3.06. The van der Waals surface area contributed by atoms with Crippen LogP contribution < -0.4 is 0 Å². The third-order valence-electron chi connectivity index (χ3n) is 5.32. The van der Waals surface area contributed by atoms with Gasteiger partial charge in [0.05, 0.1) is 12.2 Å². The highest BCUT2D eigenvalue weighted by Crippen LogP contribution is 2.39. The molecule has 2 heterocycles. The standard InChI is InChI=1S/C18H19Cl2N3O2/c19-14-7-11(24)8-15(20)12(14)6-10-4-5-23(18(10)25)17-3-1-2-16-13(17)9-21-22-16/h7-10,17,24H,1-6H2,(H,21,22). The number of aromatic amines is 1. The number of amides is 1. The van der Waals surface area contributed by atoms with E-state index in [4.69, 9.17) is 23.2 Å². The molecule has 0 radical (unpaired) electrons. The molecule has 2 atom stereocenters. The number of carbonyl (C=O) groups is 1. The van der Waals surface area contributed by atoms with Gasteiger partial charge in [-0.05, 0) is 49.8 Å². The van der Waals surface area contributed by atoms with Crippen molar-refractivity contribution in [3.05, 3.63) is 45.2 Å². The van der Waals surface area contributed by atoms with Crippen molar-refractivity contribution in [2.75, 3.05) is 6.54 Å². The predicted molar refractivity (Wildman–Crippen MR) is 95.9 cm³/mol. The van der Waals surface area contributed by atoms with E-state index in [1.54, 1.807) is 0 Å². The van der Waals surface area contributed by atoms with E-state index in [9.17, 15) is 9.90 Å². The number of nitrogens with zero attached hydrogens (tertiary/aromatic N) is 2. The number of aromatic hydroxyl groups is 1. The monoisotopic (exact) mass is 379 g/mol. The van der Waals surface area contributed by atoms with Crippen LogP contribution in [0.2, 0.25) is 10.0 Å². The lowest BCUT2D eigenvalue weighted by molar-refractivity contribution is -0.133. The van der Waals surface area contributed by atoms with E-state index < -0.39 is 0 Å². The number of aryl methyl sites for hydroxylation is 1. The van der Waals surface area contributed by atoms with Crippen LogP contribution in [0.4, 0.5) is 0 Å². The maximum absolute atomic E-state index is 13.0. The summed E-state index contributed by atoms with van der Waals surface area (Å²) in [6.45, 7) is 0.742. The zero-order valence-electron chi connectivity index (χ0n) is 13.6. The fraction of sp³-hybridized carbons (Fsp3) is 0.444. The highest BCUT2D eigenvalue weighted by molar-refractivity contribution is 6.36. The molecule has 7 heteroatoms. The molecule has 2 N–H and O–H groups in total. The molecule has 5 nitrogen and oxygen atoms in total. The predicted octanol–water partition coefficient (Wildman–Crippen LogP) is 3.89. The molecule has 2 aliphatic rings. The first-order valence-corrected chi connectivity index (χ1v) is 9.29. The highest BCUT2D eigenvalue weighted by Gasteiger charge is 2.38. The number of halogens is 2. The van der Waals surface area contributed by atoms with Crippen molar-refractivity contribution in [3.8, 4) is 5.75 Å². The van der Waals surface area contributed by atoms with Gasteiger partial charge in [-0.2, -0.15) is 5.10 Å². The summed E-state index contributed by atoms with van der Waals surface area (Å²) in [7, 11) is 0. The second-order valence-electron chi connectivity index (χ2n) is 6.82. The lowest BCUT2D eigenvalue weighted by Crippen LogP contribution is -2.34. The number of fused-ring (bicyclic) bond motifs is 1. The molecule has 0 bridgehead atoms. The third kappa shape index (κ3) is 3.00. The Morgan fingerprint density at radius 3 is 2.80 bits per heavy atom. The second-order valence-corrected chi connectivity index (χ2v) is 7.64. The number of carbonyl (C=O) groups excluding carboxylic acids is 1. The van der Waals surface area contributed by atoms with E-state index in [-0.39, 0.29) is 23.6 Å². The zero-order valence-corrected chi connectivity index (χ0v) is 15.1. The number of benzene rings is 1. The third-order valence-corrected chi connectivity index (χ3v) is 5.99. The molecule has 2 aromatic rings. The molecule has 25 heavy (non-hydrogen) atoms. The first kappa shape index (κ1) is 16.7. The van der Waals surface area contributed by atoms with Gasteiger partial charge in [0.1, 0.15) is 5.75 Å². The zero-order chi connectivity index (χ0) is 17.6. The molecule has 1 fully saturated rings. The van der Waals surface area contributed by atoms with Crippen LogP contribution in [0.25, 0.3) is 0 Å². The Labute approximate surface area is 155 Å². The van der Waals surface area contributed by atoms with Crippen molar-refractivity contribution in [2.24, 2.45) is 5.92 Å². The highest BCUT2D eigenvalue weighted by atomic mass is 35.5. The SMILES string of the molecule is O=C1C(Cc2c(Cl)cc(O)cc2Cl)CCN1C1CCCc2[nH]ncc21. The number of phenols is 1. The Hall–Kier alpha value is -1.72. The number of aromatic nitrogens is 2. The van der Waals surface area contributed by atoms with E-state index in [1.807, 2.05) is 11.1 Å². The van der Waals surface area contributed by atoms with Gasteiger partial charge in [-0.15, -0.1) is 0 Å². The second kappa shape index (κ2) is 6.54. The molecule has 1 saturated heterocycles. The molecule has 1 aromatic heterocycles. The van der Waals surface area contributed by atoms with Crippen molar-refractivity contribution < 1.29 is 9.90 Å². The molecular formula is C18H19Cl2N3O2. The molecule has 2 unspecified atom stereocenters. The fourth-order valence-corrected chi connectivity index (χ4v) is 4.68. The van der Waals surface area contributed by atoms with Gasteiger partial charge in [0, 0.05) is 33.8 Å². The van der Waals surface area contributed by atoms with E-state index in [2.05, 4.69) is 10.2 Å². The van der Waals surface area contributed by atoms with Crippen molar-refractivity contribution in [2.45, 2.75) is 38.1 Å². The van der Waals surface area contributed by atoms with Gasteiger partial charge in [-0.25, -0.2) is 0 Å². The first-order valence-electron chi connectivity index (χ1n) is 8.54. The van der Waals surface area contributed by atoms with E-state index in [1.165, 1.54) is 12.1 Å². The summed E-state index contributed by atoms with van der Waals surface area (Å²) in [5, 5.41) is 17.6. The minimum absolute atomic E-state index is 0.0350. The Morgan fingerprint density at radius 1 is 1.28 bits per heavy atom. The molecular weight excluding hydrogens is 361 g/mol. The fourth-order valence-electron chi connectivity index (χ4n) is 4.05. The van der Waals surface area contributed by atoms with E-state index >= 15 is 0 Å². The van der Waals surface area contributed by atoms with Crippen LogP contribution in [0.5, 0.6) is 5.75 Å². The summed E-state index contributed by atoms with van der Waals surface area (Å²) in [5.41, 5.74) is 3.03. The van der Waals surface area contributed by atoms with Crippen LogP contribution in [-0.2, 0) is 17.6 Å². The van der Waals surface area contributed by atoms with Gasteiger partial charge in [0.25, 0.3) is 0 Å². The summed E-state index contributed by atoms with van der Waals surface area (Å²) >= 11 is 12.4. The lowest BCUT2D eigenvalue weighted by Gasteiger charge is -2.31. The van der Waals surface area contributed by atoms with Crippen LogP contribution in [0.1, 0.15) is 42.1 Å². The summed E-state index contributed by atoms with van der Waals surface area (Å²) in [4.78, 5) is 15.0. The maximum atomic E-state index is 13.0. The van der Waals surface area contributed by atoms with Gasteiger partial charge in [0.2, 0.25) is 5.91 Å². The normalized spacial score (nSPS) is 23.1. The largest absolute Gasteiger partial charge is 0.508 e. The summed E-state index contributed by atoms with van der Waals surface area (Å²) < 4.78 is 0. The average molecular weight is 380 g/mol. The molecule has 1 aliphatic heterocycles. The van der Waals surface area contributed by atoms with Gasteiger partial charge >= 0.3 is 0 Å². The number of rotatable bonds is 3. The van der Waals surface area contributed by atoms with Crippen LogP contribution >= 0.6 is 23.2 Å². The average Bonchev–Trinajstić information content (AvgIpc) is 3.17. The Bertz CT molecular complexity index is 797. The maximum Gasteiger partial charge on any atom is 0.226 e. The number of H-pyrrole nitrogens is 1. The van der Waals surface area contributed by atoms with Gasteiger partial charge in [0.15, 0.2) is 0 Å². The Kier molecular flexibility index (Phi) is 4.38. The molecule has 1 aliphatic carbocycles. The molecule has 0 saturated carbocycles. The quantitative estimate of drug-likeness (QED) is 0.849. The number of likely N-dealkylation sites (tertiary alicyclic amines) is 1. The van der Waals surface area contributed by atoms with Crippen LogP contribution in [0, 0.1) is 5.92 Å². The van der Waals surface area contributed by atoms with E-state index in [0.29, 0.717) is 16.5 Å². The number of hydrogen-bond donors (Lipinski definition) is 2. The minimum atomic E-state index is -0.128. The molecule has 1 aromatic carbocycles. The molecule has 4 rings (SSSR count). The number of phenolic OH excluding ortho intramolecular Hbond substituents is 1. The number of nitrogens with one attached hydrogen (secondary N) is 1. The topological polar surface area (TPSA) is 69.2 Å². The van der Waals surface area contributed by atoms with Crippen molar-refractivity contribution in [3.63, 3.8) is 0 Å². The first-order chi connectivity index (χ1) is 12.0.